The minimum Gasteiger partial charge on any atom is -0.478 e. The first-order valence-corrected chi connectivity index (χ1v) is 6.60. The number of carbonyl (C=O) groups excluding carboxylic acids is 1. The minimum atomic E-state index is -0.954. The van der Waals surface area contributed by atoms with Crippen LogP contribution in [0.15, 0.2) is 24.3 Å². The minimum absolute atomic E-state index is 0.0915. The molecule has 0 saturated carbocycles. The summed E-state index contributed by atoms with van der Waals surface area (Å²) in [4.78, 5) is 25.2. The van der Waals surface area contributed by atoms with Gasteiger partial charge in [-0.05, 0) is 36.2 Å². The van der Waals surface area contributed by atoms with Crippen molar-refractivity contribution in [1.82, 2.24) is 14.7 Å². The van der Waals surface area contributed by atoms with E-state index in [-0.39, 0.29) is 11.5 Å². The van der Waals surface area contributed by atoms with E-state index in [1.54, 1.807) is 40.9 Å². The standard InChI is InChI=1S/C15H15N3O3/c1-9-5-13(17(2)16-9)14(19)18-7-11-4-3-10(15(20)21)6-12(11)8-18/h3-6H,7-8H2,1-2H3,(H,20,21). The van der Waals surface area contributed by atoms with Gasteiger partial charge in [0.25, 0.3) is 5.91 Å². The van der Waals surface area contributed by atoms with Crippen molar-refractivity contribution in [3.63, 3.8) is 0 Å². The van der Waals surface area contributed by atoms with Crippen LogP contribution in [0.4, 0.5) is 0 Å². The predicted octanol–water partition coefficient (Wildman–Crippen LogP) is 1.58. The number of amides is 1. The summed E-state index contributed by atoms with van der Waals surface area (Å²) in [5.41, 5.74) is 3.47. The second kappa shape index (κ2) is 4.73. The van der Waals surface area contributed by atoms with Gasteiger partial charge < -0.3 is 10.0 Å². The quantitative estimate of drug-likeness (QED) is 0.909. The molecule has 3 rings (SSSR count). The number of fused-ring (bicyclic) bond motifs is 1. The molecule has 1 aromatic carbocycles. The summed E-state index contributed by atoms with van der Waals surface area (Å²) in [5, 5.41) is 13.2. The van der Waals surface area contributed by atoms with E-state index >= 15 is 0 Å². The average molecular weight is 285 g/mol. The predicted molar refractivity (Wildman–Crippen MR) is 74.9 cm³/mol. The molecule has 0 fully saturated rings. The van der Waals surface area contributed by atoms with Gasteiger partial charge in [0.15, 0.2) is 0 Å². The second-order valence-electron chi connectivity index (χ2n) is 5.24. The second-order valence-corrected chi connectivity index (χ2v) is 5.24. The lowest BCUT2D eigenvalue weighted by Gasteiger charge is -2.15. The van der Waals surface area contributed by atoms with E-state index in [9.17, 15) is 9.59 Å². The van der Waals surface area contributed by atoms with E-state index in [1.165, 1.54) is 0 Å². The number of nitrogens with zero attached hydrogens (tertiary/aromatic N) is 3. The van der Waals surface area contributed by atoms with Crippen LogP contribution in [0.5, 0.6) is 0 Å². The molecule has 0 saturated heterocycles. The molecule has 21 heavy (non-hydrogen) atoms. The molecule has 2 aromatic rings. The van der Waals surface area contributed by atoms with E-state index in [4.69, 9.17) is 5.11 Å². The number of rotatable bonds is 2. The molecule has 2 heterocycles. The lowest BCUT2D eigenvalue weighted by molar-refractivity contribution is 0.0696. The lowest BCUT2D eigenvalue weighted by atomic mass is 10.1. The molecular weight excluding hydrogens is 270 g/mol. The van der Waals surface area contributed by atoms with Crippen LogP contribution >= 0.6 is 0 Å². The van der Waals surface area contributed by atoms with Crippen LogP contribution in [0, 0.1) is 6.92 Å². The van der Waals surface area contributed by atoms with Crippen molar-refractivity contribution in [2.75, 3.05) is 0 Å². The Morgan fingerprint density at radius 2 is 1.90 bits per heavy atom. The number of carboxylic acid groups (broad SMARTS) is 1. The zero-order valence-corrected chi connectivity index (χ0v) is 11.8. The van der Waals surface area contributed by atoms with Gasteiger partial charge in [-0.1, -0.05) is 6.07 Å². The molecule has 108 valence electrons. The van der Waals surface area contributed by atoms with Gasteiger partial charge in [-0.15, -0.1) is 0 Å². The van der Waals surface area contributed by atoms with E-state index in [2.05, 4.69) is 5.10 Å². The van der Waals surface area contributed by atoms with Crippen molar-refractivity contribution in [3.8, 4) is 0 Å². The molecule has 1 aliphatic rings. The van der Waals surface area contributed by atoms with Crippen molar-refractivity contribution in [2.45, 2.75) is 20.0 Å². The highest BCUT2D eigenvalue weighted by molar-refractivity contribution is 5.93. The van der Waals surface area contributed by atoms with Crippen LogP contribution in [0.1, 0.15) is 37.7 Å². The molecule has 6 heteroatoms. The molecule has 0 spiro atoms. The van der Waals surface area contributed by atoms with Gasteiger partial charge in [0.05, 0.1) is 11.3 Å². The van der Waals surface area contributed by atoms with E-state index in [0.29, 0.717) is 18.8 Å². The SMILES string of the molecule is Cc1cc(C(=O)N2Cc3ccc(C(=O)O)cc3C2)n(C)n1. The molecule has 1 aromatic heterocycles. The first-order chi connectivity index (χ1) is 9.95. The smallest absolute Gasteiger partial charge is 0.335 e. The van der Waals surface area contributed by atoms with Crippen LogP contribution in [0.25, 0.3) is 0 Å². The summed E-state index contributed by atoms with van der Waals surface area (Å²) in [6.07, 6.45) is 0. The normalized spacial score (nSPS) is 13.3. The van der Waals surface area contributed by atoms with E-state index in [0.717, 1.165) is 16.8 Å². The Morgan fingerprint density at radius 3 is 2.52 bits per heavy atom. The monoisotopic (exact) mass is 285 g/mol. The van der Waals surface area contributed by atoms with Crippen LogP contribution in [-0.4, -0.2) is 31.7 Å². The van der Waals surface area contributed by atoms with Gasteiger partial charge in [-0.25, -0.2) is 4.79 Å². The fraction of sp³-hybridized carbons (Fsp3) is 0.267. The van der Waals surface area contributed by atoms with Gasteiger partial charge >= 0.3 is 5.97 Å². The fourth-order valence-corrected chi connectivity index (χ4v) is 2.64. The summed E-state index contributed by atoms with van der Waals surface area (Å²) in [6, 6.07) is 6.75. The largest absolute Gasteiger partial charge is 0.478 e. The van der Waals surface area contributed by atoms with Crippen LogP contribution in [0.2, 0.25) is 0 Å². The molecule has 0 unspecified atom stereocenters. The number of carbonyl (C=O) groups is 2. The number of benzene rings is 1. The molecule has 1 N–H and O–H groups in total. The van der Waals surface area contributed by atoms with Crippen LogP contribution < -0.4 is 0 Å². The van der Waals surface area contributed by atoms with Crippen LogP contribution in [0.3, 0.4) is 0 Å². The van der Waals surface area contributed by atoms with Gasteiger partial charge in [-0.2, -0.15) is 5.10 Å². The van der Waals surface area contributed by atoms with E-state index < -0.39 is 5.97 Å². The third-order valence-corrected chi connectivity index (χ3v) is 3.68. The Labute approximate surface area is 121 Å². The average Bonchev–Trinajstić information content (AvgIpc) is 2.99. The highest BCUT2D eigenvalue weighted by atomic mass is 16.4. The van der Waals surface area contributed by atoms with Gasteiger partial charge in [0.1, 0.15) is 5.69 Å². The van der Waals surface area contributed by atoms with Gasteiger partial charge in [0, 0.05) is 20.1 Å². The van der Waals surface area contributed by atoms with Crippen molar-refractivity contribution < 1.29 is 14.7 Å². The first-order valence-electron chi connectivity index (χ1n) is 6.60. The third-order valence-electron chi connectivity index (χ3n) is 3.68. The topological polar surface area (TPSA) is 75.4 Å². The Balaban J connectivity index is 1.86. The van der Waals surface area contributed by atoms with Crippen molar-refractivity contribution in [3.05, 3.63) is 52.3 Å². The first kappa shape index (κ1) is 13.4. The van der Waals surface area contributed by atoms with Crippen molar-refractivity contribution in [1.29, 1.82) is 0 Å². The molecule has 0 bridgehead atoms. The molecule has 0 atom stereocenters. The summed E-state index contributed by atoms with van der Waals surface area (Å²) >= 11 is 0. The molecule has 0 aliphatic carbocycles. The number of aromatic nitrogens is 2. The molecule has 1 aliphatic heterocycles. The van der Waals surface area contributed by atoms with Crippen LogP contribution in [-0.2, 0) is 20.1 Å². The Hall–Kier alpha value is -2.63. The van der Waals surface area contributed by atoms with E-state index in [1.807, 2.05) is 6.92 Å². The molecule has 6 nitrogen and oxygen atoms in total. The Bertz CT molecular complexity index is 749. The Morgan fingerprint density at radius 1 is 1.19 bits per heavy atom. The zero-order chi connectivity index (χ0) is 15.1. The summed E-state index contributed by atoms with van der Waals surface area (Å²) in [6.45, 7) is 2.77. The highest BCUT2D eigenvalue weighted by Gasteiger charge is 2.26. The maximum atomic E-state index is 12.5. The fourth-order valence-electron chi connectivity index (χ4n) is 2.64. The summed E-state index contributed by atoms with van der Waals surface area (Å²) in [7, 11) is 1.74. The van der Waals surface area contributed by atoms with Crippen molar-refractivity contribution in [2.24, 2.45) is 7.05 Å². The Kier molecular flexibility index (Phi) is 3.01. The number of carboxylic acids is 1. The third kappa shape index (κ3) is 2.29. The number of aryl methyl sites for hydroxylation is 2. The maximum absolute atomic E-state index is 12.5. The van der Waals surface area contributed by atoms with Crippen molar-refractivity contribution >= 4 is 11.9 Å². The van der Waals surface area contributed by atoms with Gasteiger partial charge in [0.2, 0.25) is 0 Å². The number of hydrogen-bond donors (Lipinski definition) is 1. The molecule has 1 amide bonds. The number of hydrogen-bond acceptors (Lipinski definition) is 3. The van der Waals surface area contributed by atoms with Gasteiger partial charge in [-0.3, -0.25) is 9.48 Å². The summed E-state index contributed by atoms with van der Waals surface area (Å²) in [5.74, 6) is -1.05. The lowest BCUT2D eigenvalue weighted by Crippen LogP contribution is -2.27. The maximum Gasteiger partial charge on any atom is 0.335 e. The molecule has 0 radical (unpaired) electrons. The summed E-state index contributed by atoms with van der Waals surface area (Å²) < 4.78 is 1.57. The zero-order valence-electron chi connectivity index (χ0n) is 11.8. The molecular formula is C15H15N3O3. The number of aromatic carboxylic acids is 1. The highest BCUT2D eigenvalue weighted by Crippen LogP contribution is 2.25.